The second-order valence-corrected chi connectivity index (χ2v) is 11.5. The number of ether oxygens (including phenoxy) is 2. The zero-order chi connectivity index (χ0) is 30.5. The fraction of sp³-hybridized carbons (Fsp3) is 0.407. The van der Waals surface area contributed by atoms with Crippen LogP contribution in [0.1, 0.15) is 26.5 Å². The molecule has 2 saturated heterocycles. The van der Waals surface area contributed by atoms with Gasteiger partial charge in [0, 0.05) is 18.5 Å². The third-order valence-corrected chi connectivity index (χ3v) is 8.43. The van der Waals surface area contributed by atoms with Crippen molar-refractivity contribution in [1.29, 1.82) is 0 Å². The molecule has 2 unspecified atom stereocenters. The Kier molecular flexibility index (Phi) is 7.50. The standard InChI is InChI=1S/C27H29FN7O7P/c1-14(24(36)37)33-43(39)42-20-16-7-4-3-6-15(16)8-9-17(20)40-12-18-21(28)27(2,38)25(41-18)35-13-30-19-22(34-10-5-11-34)31-26(29)32-23(19)35/h3-4,6-9,13-14,18,21,25,38H,5,10-12H2,1-2H3,(H,36,37)(H2,29,31,32)/t14?,18-,21-,25-,27-/m1/s1. The number of carbonyl (C=O) groups is 1. The minimum atomic E-state index is -2.79. The molecule has 0 saturated carbocycles. The van der Waals surface area contributed by atoms with Gasteiger partial charge in [0.2, 0.25) is 11.7 Å². The van der Waals surface area contributed by atoms with E-state index < -0.39 is 44.3 Å². The number of hydrogen-bond acceptors (Lipinski definition) is 12. The van der Waals surface area contributed by atoms with Gasteiger partial charge in [-0.25, -0.2) is 14.2 Å². The maximum atomic E-state index is 15.7. The highest BCUT2D eigenvalue weighted by molar-refractivity contribution is 7.34. The fourth-order valence-electron chi connectivity index (χ4n) is 5.09. The number of alkyl halides is 1. The average Bonchev–Trinajstić information content (AvgIpc) is 3.44. The lowest BCUT2D eigenvalue weighted by molar-refractivity contribution is -0.169. The molecule has 0 aliphatic carbocycles. The lowest BCUT2D eigenvalue weighted by Gasteiger charge is -2.32. The molecule has 0 bridgehead atoms. The van der Waals surface area contributed by atoms with E-state index in [9.17, 15) is 14.8 Å². The number of nitrogens with two attached hydrogens (primary N) is 1. The molecule has 0 radical (unpaired) electrons. The average molecular weight is 614 g/mol. The summed E-state index contributed by atoms with van der Waals surface area (Å²) >= 11 is 0. The number of nitrogen functional groups attached to an aromatic ring is 1. The molecule has 0 spiro atoms. The number of anilines is 2. The van der Waals surface area contributed by atoms with E-state index >= 15 is 4.39 Å². The second-order valence-electron chi connectivity index (χ2n) is 10.6. The topological polar surface area (TPSA) is 194 Å². The third kappa shape index (κ3) is 5.29. The number of aliphatic carboxylic acids is 1. The maximum Gasteiger partial charge on any atom is 0.395 e. The van der Waals surface area contributed by atoms with Crippen LogP contribution in [-0.4, -0.2) is 79.3 Å². The number of rotatable bonds is 9. The van der Waals surface area contributed by atoms with Crippen molar-refractivity contribution in [3.8, 4) is 11.5 Å². The summed E-state index contributed by atoms with van der Waals surface area (Å²) in [5.41, 5.74) is 4.72. The van der Waals surface area contributed by atoms with E-state index in [-0.39, 0.29) is 24.1 Å². The van der Waals surface area contributed by atoms with E-state index in [0.29, 0.717) is 22.4 Å². The molecule has 4 aromatic rings. The lowest BCUT2D eigenvalue weighted by atomic mass is 9.98. The van der Waals surface area contributed by atoms with Crippen LogP contribution in [-0.2, 0) is 9.53 Å². The predicted octanol–water partition coefficient (Wildman–Crippen LogP) is 2.54. The van der Waals surface area contributed by atoms with Crippen molar-refractivity contribution in [2.24, 2.45) is 4.74 Å². The van der Waals surface area contributed by atoms with Gasteiger partial charge in [-0.05, 0) is 31.7 Å². The Balaban J connectivity index is 1.27. The molecule has 2 aliphatic rings. The Hall–Kier alpha value is -4.17. The first-order valence-corrected chi connectivity index (χ1v) is 14.7. The van der Waals surface area contributed by atoms with E-state index in [2.05, 4.69) is 19.7 Å². The van der Waals surface area contributed by atoms with E-state index in [1.807, 2.05) is 4.90 Å². The van der Waals surface area contributed by atoms with Crippen LogP contribution < -0.4 is 24.8 Å². The zero-order valence-corrected chi connectivity index (χ0v) is 24.1. The molecule has 226 valence electrons. The molecule has 0 amide bonds. The Morgan fingerprint density at radius 1 is 1.33 bits per heavy atom. The number of carboxylic acid groups (broad SMARTS) is 1. The van der Waals surface area contributed by atoms with Crippen molar-refractivity contribution in [3.05, 3.63) is 42.7 Å². The van der Waals surface area contributed by atoms with E-state index in [4.69, 9.17) is 24.8 Å². The first-order valence-electron chi connectivity index (χ1n) is 13.5. The van der Waals surface area contributed by atoms with Gasteiger partial charge in [0.05, 0.1) is 6.33 Å². The molecule has 16 heteroatoms. The Labute approximate surface area is 245 Å². The molecule has 43 heavy (non-hydrogen) atoms. The number of aliphatic hydroxyl groups is 1. The van der Waals surface area contributed by atoms with Crippen LogP contribution in [0.5, 0.6) is 11.5 Å². The minimum Gasteiger partial charge on any atom is -0.575 e. The van der Waals surface area contributed by atoms with Crippen LogP contribution in [0.3, 0.4) is 0 Å². The molecule has 6 rings (SSSR count). The van der Waals surface area contributed by atoms with Crippen LogP contribution in [0.2, 0.25) is 0 Å². The van der Waals surface area contributed by atoms with Crippen molar-refractivity contribution < 1.29 is 38.3 Å². The van der Waals surface area contributed by atoms with Crippen LogP contribution >= 0.6 is 8.17 Å². The molecule has 2 fully saturated rings. The summed E-state index contributed by atoms with van der Waals surface area (Å²) in [5, 5.41) is 21.6. The molecule has 4 heterocycles. The molecule has 6 atom stereocenters. The van der Waals surface area contributed by atoms with Crippen molar-refractivity contribution >= 4 is 47.8 Å². The Morgan fingerprint density at radius 3 is 2.81 bits per heavy atom. The summed E-state index contributed by atoms with van der Waals surface area (Å²) in [4.78, 5) is 38.8. The van der Waals surface area contributed by atoms with Gasteiger partial charge >= 0.3 is 14.1 Å². The molecular formula is C27H29FN7O7P. The highest BCUT2D eigenvalue weighted by Crippen LogP contribution is 2.44. The Morgan fingerprint density at radius 2 is 2.09 bits per heavy atom. The SMILES string of the molecule is CC(/N=[P+](\[O-])Oc1c(OC[C@H]2O[C@@H](n3cnc4c(N5CCC5)nc(N)nc43)[C@](C)(O)[C@@H]2F)ccc2ccccc12)C(=O)O. The summed E-state index contributed by atoms with van der Waals surface area (Å²) in [5.74, 6) is -0.534. The highest BCUT2D eigenvalue weighted by atomic mass is 31.1. The van der Waals surface area contributed by atoms with Gasteiger partial charge in [-0.2, -0.15) is 9.97 Å². The third-order valence-electron chi connectivity index (χ3n) is 7.56. The largest absolute Gasteiger partial charge is 0.575 e. The summed E-state index contributed by atoms with van der Waals surface area (Å²) in [6, 6.07) is 9.08. The predicted molar refractivity (Wildman–Crippen MR) is 153 cm³/mol. The highest BCUT2D eigenvalue weighted by Gasteiger charge is 2.55. The number of hydrogen-bond donors (Lipinski definition) is 3. The van der Waals surface area contributed by atoms with Gasteiger partial charge in [0.25, 0.3) is 0 Å². The summed E-state index contributed by atoms with van der Waals surface area (Å²) in [7, 11) is -2.79. The van der Waals surface area contributed by atoms with Gasteiger partial charge in [-0.3, -0.25) is 9.09 Å². The van der Waals surface area contributed by atoms with Gasteiger partial charge in [0.15, 0.2) is 41.2 Å². The fourth-order valence-corrected chi connectivity index (χ4v) is 5.86. The van der Waals surface area contributed by atoms with Crippen LogP contribution in [0.4, 0.5) is 16.2 Å². The van der Waals surface area contributed by atoms with E-state index in [1.165, 1.54) is 24.7 Å². The van der Waals surface area contributed by atoms with Gasteiger partial charge in [0.1, 0.15) is 18.3 Å². The lowest BCUT2D eigenvalue weighted by Crippen LogP contribution is -2.42. The first-order chi connectivity index (χ1) is 20.5. The first kappa shape index (κ1) is 28.9. The number of carboxylic acids is 1. The number of aromatic nitrogens is 4. The number of nitrogens with zero attached hydrogens (tertiary/aromatic N) is 6. The number of benzene rings is 2. The molecule has 2 aliphatic heterocycles. The van der Waals surface area contributed by atoms with Crippen molar-refractivity contribution in [2.75, 3.05) is 30.3 Å². The summed E-state index contributed by atoms with van der Waals surface area (Å²) < 4.78 is 38.3. The van der Waals surface area contributed by atoms with Crippen molar-refractivity contribution in [3.63, 3.8) is 0 Å². The Bertz CT molecular complexity index is 1730. The normalized spacial score (nSPS) is 24.7. The molecule has 2 aromatic heterocycles. The van der Waals surface area contributed by atoms with Gasteiger partial charge in [-0.15, -0.1) is 0 Å². The summed E-state index contributed by atoms with van der Waals surface area (Å²) in [6.45, 7) is 3.82. The van der Waals surface area contributed by atoms with Crippen molar-refractivity contribution in [1.82, 2.24) is 19.5 Å². The number of imidazole rings is 1. The van der Waals surface area contributed by atoms with Crippen LogP contribution in [0.15, 0.2) is 47.5 Å². The number of halogens is 1. The van der Waals surface area contributed by atoms with Crippen molar-refractivity contribution in [2.45, 2.75) is 50.4 Å². The smallest absolute Gasteiger partial charge is 0.395 e. The minimum absolute atomic E-state index is 0.0112. The zero-order valence-electron chi connectivity index (χ0n) is 23.2. The molecular weight excluding hydrogens is 584 g/mol. The van der Waals surface area contributed by atoms with E-state index in [1.54, 1.807) is 36.4 Å². The molecule has 2 aromatic carbocycles. The monoisotopic (exact) mass is 613 g/mol. The van der Waals surface area contributed by atoms with Gasteiger partial charge < -0.3 is 35.2 Å². The molecule has 4 N–H and O–H groups in total. The van der Waals surface area contributed by atoms with Gasteiger partial charge in [-0.1, -0.05) is 35.1 Å². The van der Waals surface area contributed by atoms with Crippen LogP contribution in [0.25, 0.3) is 21.9 Å². The molecule has 14 nitrogen and oxygen atoms in total. The number of fused-ring (bicyclic) bond motifs is 2. The van der Waals surface area contributed by atoms with Crippen LogP contribution in [0, 0.1) is 0 Å². The quantitative estimate of drug-likeness (QED) is 0.234. The summed E-state index contributed by atoms with van der Waals surface area (Å²) in [6.07, 6.45) is -1.94. The second kappa shape index (κ2) is 11.2. The van der Waals surface area contributed by atoms with E-state index in [0.717, 1.165) is 24.9 Å². The maximum absolute atomic E-state index is 15.7.